The van der Waals surface area contributed by atoms with Gasteiger partial charge >= 0.3 is 5.66 Å². The standard InChI is InChI=1S/C6H8F4N8O8/c7-13(8)5(14(9)10)1-11(17(23)24)3-6(15(19)20,16(21)22)4-12(2-5)18(25)26/h1-4H2. The molecule has 0 aliphatic carbocycles. The van der Waals surface area contributed by atoms with Crippen LogP contribution in [0.15, 0.2) is 0 Å². The Morgan fingerprint density at radius 1 is 0.692 bits per heavy atom. The zero-order valence-electron chi connectivity index (χ0n) is 12.2. The molecule has 26 heavy (non-hydrogen) atoms. The summed E-state index contributed by atoms with van der Waals surface area (Å²) >= 11 is 0. The van der Waals surface area contributed by atoms with E-state index in [0.29, 0.717) is 0 Å². The zero-order valence-corrected chi connectivity index (χ0v) is 12.2. The van der Waals surface area contributed by atoms with E-state index in [1.807, 2.05) is 0 Å². The first-order valence-corrected chi connectivity index (χ1v) is 6.11. The summed E-state index contributed by atoms with van der Waals surface area (Å²) < 4.78 is 52.3. The van der Waals surface area contributed by atoms with Crippen molar-refractivity contribution in [2.24, 2.45) is 0 Å². The van der Waals surface area contributed by atoms with E-state index in [1.54, 1.807) is 0 Å². The highest BCUT2D eigenvalue weighted by molar-refractivity contribution is 4.88. The van der Waals surface area contributed by atoms with Gasteiger partial charge in [-0.25, -0.2) is 20.2 Å². The van der Waals surface area contributed by atoms with Crippen LogP contribution in [0.3, 0.4) is 0 Å². The van der Waals surface area contributed by atoms with Crippen molar-refractivity contribution in [1.82, 2.24) is 20.7 Å². The van der Waals surface area contributed by atoms with Crippen LogP contribution in [-0.4, -0.2) is 78.1 Å². The van der Waals surface area contributed by atoms with Crippen molar-refractivity contribution >= 4 is 0 Å². The number of nitrogens with zero attached hydrogens (tertiary/aromatic N) is 8. The molecule has 0 amide bonds. The topological polar surface area (TPSA) is 186 Å². The van der Waals surface area contributed by atoms with Crippen molar-refractivity contribution in [3.63, 3.8) is 0 Å². The van der Waals surface area contributed by atoms with Gasteiger partial charge in [0.15, 0.2) is 10.1 Å². The van der Waals surface area contributed by atoms with Crippen molar-refractivity contribution in [1.29, 1.82) is 0 Å². The second kappa shape index (κ2) is 6.99. The smallest absolute Gasteiger partial charge is 0.258 e. The maximum Gasteiger partial charge on any atom is 0.503 e. The second-order valence-corrected chi connectivity index (χ2v) is 5.07. The van der Waals surface area contributed by atoms with Gasteiger partial charge in [0.2, 0.25) is 18.8 Å². The van der Waals surface area contributed by atoms with Crippen LogP contribution < -0.4 is 0 Å². The van der Waals surface area contributed by atoms with E-state index in [1.165, 1.54) is 0 Å². The van der Waals surface area contributed by atoms with Crippen LogP contribution in [-0.2, 0) is 0 Å². The molecule has 0 unspecified atom stereocenters. The SMILES string of the molecule is O=[N+]([O-])N1CC(N(F)F)(N(F)F)CN([N+](=O)[O-])CC([N+](=O)[O-])([N+](=O)[O-])C1. The van der Waals surface area contributed by atoms with Gasteiger partial charge in [-0.2, -0.15) is 0 Å². The van der Waals surface area contributed by atoms with Crippen LogP contribution in [0.5, 0.6) is 0 Å². The summed E-state index contributed by atoms with van der Waals surface area (Å²) in [6, 6.07) is 0. The molecule has 1 fully saturated rings. The van der Waals surface area contributed by atoms with Gasteiger partial charge in [-0.05, 0) is 0 Å². The Hall–Kier alpha value is -3.16. The molecule has 1 aliphatic rings. The third kappa shape index (κ3) is 3.44. The zero-order chi connectivity index (χ0) is 20.4. The Labute approximate surface area is 138 Å². The molecular weight excluding hydrogens is 388 g/mol. The maximum atomic E-state index is 13.1. The number of hydrazine groups is 2. The molecule has 0 aromatic carbocycles. The summed E-state index contributed by atoms with van der Waals surface area (Å²) in [6.45, 7) is -7.86. The Balaban J connectivity index is 3.60. The third-order valence-electron chi connectivity index (χ3n) is 3.51. The normalized spacial score (nSPS) is 19.8. The molecule has 0 N–H and O–H groups in total. The van der Waals surface area contributed by atoms with Crippen LogP contribution in [0.1, 0.15) is 0 Å². The molecule has 16 nitrogen and oxygen atoms in total. The van der Waals surface area contributed by atoms with Gasteiger partial charge in [0, 0.05) is 0 Å². The minimum absolute atomic E-state index is 0.596. The lowest BCUT2D eigenvalue weighted by Crippen LogP contribution is -2.71. The molecule has 20 heteroatoms. The van der Waals surface area contributed by atoms with E-state index < -0.39 is 78.1 Å². The minimum atomic E-state index is -3.97. The lowest BCUT2D eigenvalue weighted by Gasteiger charge is -2.37. The highest BCUT2D eigenvalue weighted by Crippen LogP contribution is 2.30. The van der Waals surface area contributed by atoms with Crippen molar-refractivity contribution in [3.8, 4) is 0 Å². The van der Waals surface area contributed by atoms with E-state index in [9.17, 15) is 58.4 Å². The number of hydrogen-bond acceptors (Lipinski definition) is 10. The lowest BCUT2D eigenvalue weighted by molar-refractivity contribution is -0.823. The van der Waals surface area contributed by atoms with Crippen LogP contribution in [0.2, 0.25) is 0 Å². The molecular formula is C6H8F4N8O8. The number of nitro groups is 4. The predicted molar refractivity (Wildman–Crippen MR) is 64.7 cm³/mol. The minimum Gasteiger partial charge on any atom is -0.258 e. The molecule has 0 bridgehead atoms. The number of halogens is 4. The Bertz CT molecular complexity index is 568. The lowest BCUT2D eigenvalue weighted by atomic mass is 10.1. The molecule has 0 aromatic rings. The van der Waals surface area contributed by atoms with Crippen molar-refractivity contribution in [2.75, 3.05) is 26.2 Å². The van der Waals surface area contributed by atoms with E-state index in [0.717, 1.165) is 0 Å². The Morgan fingerprint density at radius 3 is 1.19 bits per heavy atom. The molecule has 0 saturated carbocycles. The Kier molecular flexibility index (Phi) is 5.61. The van der Waals surface area contributed by atoms with E-state index in [2.05, 4.69) is 0 Å². The molecule has 0 radical (unpaired) electrons. The van der Waals surface area contributed by atoms with E-state index in [-0.39, 0.29) is 0 Å². The quantitative estimate of drug-likeness (QED) is 0.177. The van der Waals surface area contributed by atoms with Crippen molar-refractivity contribution < 1.29 is 37.8 Å². The third-order valence-corrected chi connectivity index (χ3v) is 3.51. The molecule has 0 aromatic heterocycles. The summed E-state index contributed by atoms with van der Waals surface area (Å²) in [4.78, 5) is 40.6. The van der Waals surface area contributed by atoms with Gasteiger partial charge in [0.05, 0.1) is 10.7 Å². The maximum absolute atomic E-state index is 13.1. The van der Waals surface area contributed by atoms with Gasteiger partial charge < -0.3 is 0 Å². The van der Waals surface area contributed by atoms with Crippen LogP contribution >= 0.6 is 0 Å². The number of rotatable bonds is 6. The van der Waals surface area contributed by atoms with Gasteiger partial charge in [0.1, 0.15) is 22.9 Å². The van der Waals surface area contributed by atoms with Crippen molar-refractivity contribution in [3.05, 3.63) is 40.5 Å². The average Bonchev–Trinajstić information content (AvgIpc) is 2.45. The average molecular weight is 396 g/mol. The van der Waals surface area contributed by atoms with Gasteiger partial charge in [0.25, 0.3) is 0 Å². The van der Waals surface area contributed by atoms with Crippen LogP contribution in [0, 0.1) is 40.5 Å². The first kappa shape index (κ1) is 20.9. The summed E-state index contributed by atoms with van der Waals surface area (Å²) in [5.74, 6) is 0. The molecule has 1 saturated heterocycles. The summed E-state index contributed by atoms with van der Waals surface area (Å²) in [5.41, 5.74) is -7.58. The number of hydrogen-bond donors (Lipinski definition) is 0. The first-order valence-electron chi connectivity index (χ1n) is 6.11. The van der Waals surface area contributed by atoms with E-state index in [4.69, 9.17) is 0 Å². The van der Waals surface area contributed by atoms with Crippen LogP contribution in [0.25, 0.3) is 0 Å². The molecule has 148 valence electrons. The van der Waals surface area contributed by atoms with Gasteiger partial charge in [-0.3, -0.25) is 20.2 Å². The highest BCUT2D eigenvalue weighted by Gasteiger charge is 2.68. The monoisotopic (exact) mass is 396 g/mol. The molecule has 1 heterocycles. The van der Waals surface area contributed by atoms with Gasteiger partial charge in [-0.15, -0.1) is 10.0 Å². The highest BCUT2D eigenvalue weighted by atomic mass is 19.4. The molecule has 1 rings (SSSR count). The fourth-order valence-corrected chi connectivity index (χ4v) is 2.18. The first-order chi connectivity index (χ1) is 11.8. The van der Waals surface area contributed by atoms with E-state index >= 15 is 0 Å². The predicted octanol–water partition coefficient (Wildman–Crippen LogP) is -0.925. The Morgan fingerprint density at radius 2 is 1.00 bits per heavy atom. The fraction of sp³-hybridized carbons (Fsp3) is 1.00. The molecule has 0 spiro atoms. The summed E-state index contributed by atoms with van der Waals surface area (Å²) in [7, 11) is 0. The summed E-state index contributed by atoms with van der Waals surface area (Å²) in [6.07, 6.45) is 0. The largest absolute Gasteiger partial charge is 0.503 e. The fourth-order valence-electron chi connectivity index (χ4n) is 2.18. The van der Waals surface area contributed by atoms with Crippen LogP contribution in [0.4, 0.5) is 17.9 Å². The second-order valence-electron chi connectivity index (χ2n) is 5.07. The van der Waals surface area contributed by atoms with Crippen molar-refractivity contribution in [2.45, 2.75) is 11.3 Å². The molecule has 0 atom stereocenters. The molecule has 1 aliphatic heterocycles. The summed E-state index contributed by atoms with van der Waals surface area (Å²) in [5, 5.41) is 35.0. The van der Waals surface area contributed by atoms with Gasteiger partial charge in [-0.1, -0.05) is 17.9 Å².